The highest BCUT2D eigenvalue weighted by Gasteiger charge is 2.24. The van der Waals surface area contributed by atoms with Crippen LogP contribution in [0, 0.1) is 20.8 Å². The van der Waals surface area contributed by atoms with Crippen LogP contribution in [0.5, 0.6) is 0 Å². The average Bonchev–Trinajstić information content (AvgIpc) is 2.92. The molecular weight excluding hydrogens is 406 g/mol. The Bertz CT molecular complexity index is 1050. The minimum absolute atomic E-state index is 0.0131. The summed E-state index contributed by atoms with van der Waals surface area (Å²) in [6, 6.07) is 4.98. The normalized spacial score (nSPS) is 11.4. The summed E-state index contributed by atoms with van der Waals surface area (Å²) in [6.07, 6.45) is 0.225. The minimum Gasteiger partial charge on any atom is -0.459 e. The molecule has 164 valence electrons. The van der Waals surface area contributed by atoms with Crippen molar-refractivity contribution in [1.29, 1.82) is 0 Å². The summed E-state index contributed by atoms with van der Waals surface area (Å²) in [6.45, 7) is 10.4. The van der Waals surface area contributed by atoms with Gasteiger partial charge < -0.3 is 15.0 Å². The lowest BCUT2D eigenvalue weighted by Crippen LogP contribution is -2.18. The second-order valence-corrected chi connectivity index (χ2v) is 9.27. The topological polar surface area (TPSA) is 117 Å². The maximum absolute atomic E-state index is 12.9. The Kier molecular flexibility index (Phi) is 7.30. The van der Waals surface area contributed by atoms with Crippen LogP contribution in [0.4, 0.5) is 11.4 Å². The number of sulfonamides is 1. The predicted octanol–water partition coefficient (Wildman–Crippen LogP) is 3.91. The van der Waals surface area contributed by atoms with Gasteiger partial charge in [0, 0.05) is 11.4 Å². The molecule has 1 heterocycles. The van der Waals surface area contributed by atoms with Crippen molar-refractivity contribution in [2.45, 2.75) is 54.1 Å². The van der Waals surface area contributed by atoms with E-state index < -0.39 is 21.9 Å². The molecule has 1 aromatic carbocycles. The number of nitrogens with one attached hydrogen (secondary N) is 3. The van der Waals surface area contributed by atoms with Crippen LogP contribution in [0.2, 0.25) is 0 Å². The van der Waals surface area contributed by atoms with Crippen molar-refractivity contribution in [1.82, 2.24) is 4.98 Å². The fourth-order valence-corrected chi connectivity index (χ4v) is 4.31. The van der Waals surface area contributed by atoms with Gasteiger partial charge in [0.25, 0.3) is 5.91 Å². The Morgan fingerprint density at radius 3 is 2.33 bits per heavy atom. The predicted molar refractivity (Wildman–Crippen MR) is 118 cm³/mol. The van der Waals surface area contributed by atoms with E-state index in [2.05, 4.69) is 15.0 Å². The fraction of sp³-hybridized carbons (Fsp3) is 0.429. The quantitative estimate of drug-likeness (QED) is 0.544. The number of hydrogen-bond acceptors (Lipinski definition) is 5. The van der Waals surface area contributed by atoms with Crippen LogP contribution < -0.4 is 10.0 Å². The van der Waals surface area contributed by atoms with Gasteiger partial charge in [-0.15, -0.1) is 0 Å². The summed E-state index contributed by atoms with van der Waals surface area (Å²) in [4.78, 5) is 28.2. The molecular formula is C21H29N3O5S. The van der Waals surface area contributed by atoms with E-state index in [1.807, 2.05) is 0 Å². The van der Waals surface area contributed by atoms with Gasteiger partial charge in [-0.25, -0.2) is 13.2 Å². The summed E-state index contributed by atoms with van der Waals surface area (Å²) in [5.74, 6) is -0.908. The molecule has 2 rings (SSSR count). The number of amides is 1. The van der Waals surface area contributed by atoms with Crippen LogP contribution in [0.15, 0.2) is 18.2 Å². The zero-order chi connectivity index (χ0) is 22.6. The van der Waals surface area contributed by atoms with Crippen molar-refractivity contribution in [2.75, 3.05) is 15.8 Å². The first-order valence-corrected chi connectivity index (χ1v) is 11.4. The van der Waals surface area contributed by atoms with Gasteiger partial charge in [0.15, 0.2) is 0 Å². The number of carbonyl (C=O) groups excluding carboxylic acids is 2. The van der Waals surface area contributed by atoms with Crippen molar-refractivity contribution < 1.29 is 22.7 Å². The highest BCUT2D eigenvalue weighted by atomic mass is 32.2. The number of esters is 1. The number of hydrogen-bond donors (Lipinski definition) is 3. The first-order chi connectivity index (χ1) is 14.0. The molecule has 0 radical (unpaired) electrons. The van der Waals surface area contributed by atoms with Crippen LogP contribution in [0.1, 0.15) is 64.9 Å². The highest BCUT2D eigenvalue weighted by Crippen LogP contribution is 2.26. The molecule has 9 heteroatoms. The number of ether oxygens (including phenoxy) is 1. The third-order valence-electron chi connectivity index (χ3n) is 4.53. The van der Waals surface area contributed by atoms with Crippen molar-refractivity contribution in [3.63, 3.8) is 0 Å². The minimum atomic E-state index is -3.45. The molecule has 0 fully saturated rings. The van der Waals surface area contributed by atoms with E-state index >= 15 is 0 Å². The van der Waals surface area contributed by atoms with Crippen molar-refractivity contribution in [3.05, 3.63) is 46.3 Å². The standard InChI is InChI=1S/C21H29N3O5S/c1-7-11-30(27,28)24-17-10-8-9-16(13(17)4)23-20(25)19-14(5)18(15(6)22-19)21(26)29-12(2)3/h8-10,12,22,24H,7,11H2,1-6H3,(H,23,25). The molecule has 0 saturated carbocycles. The van der Waals surface area contributed by atoms with E-state index in [-0.39, 0.29) is 17.6 Å². The van der Waals surface area contributed by atoms with Gasteiger partial charge in [0.05, 0.1) is 23.1 Å². The molecule has 0 aliphatic heterocycles. The second kappa shape index (κ2) is 9.34. The molecule has 0 aliphatic rings. The number of aromatic nitrogens is 1. The molecule has 0 spiro atoms. The van der Waals surface area contributed by atoms with Gasteiger partial charge in [-0.1, -0.05) is 13.0 Å². The Hall–Kier alpha value is -2.81. The maximum atomic E-state index is 12.9. The summed E-state index contributed by atoms with van der Waals surface area (Å²) in [7, 11) is -3.45. The zero-order valence-electron chi connectivity index (χ0n) is 18.2. The van der Waals surface area contributed by atoms with Crippen LogP contribution in [0.3, 0.4) is 0 Å². The maximum Gasteiger partial charge on any atom is 0.340 e. The first kappa shape index (κ1) is 23.5. The third-order valence-corrected chi connectivity index (χ3v) is 6.01. The number of anilines is 2. The molecule has 1 amide bonds. The van der Waals surface area contributed by atoms with E-state index in [0.29, 0.717) is 40.2 Å². The average molecular weight is 436 g/mol. The number of benzene rings is 1. The number of H-pyrrole nitrogens is 1. The Balaban J connectivity index is 2.29. The Labute approximate surface area is 177 Å². The lowest BCUT2D eigenvalue weighted by atomic mass is 10.1. The third kappa shape index (κ3) is 5.41. The van der Waals surface area contributed by atoms with Crippen LogP contribution in [-0.4, -0.2) is 37.1 Å². The van der Waals surface area contributed by atoms with Gasteiger partial charge in [0.1, 0.15) is 5.69 Å². The van der Waals surface area contributed by atoms with E-state index in [1.165, 1.54) is 0 Å². The number of rotatable bonds is 8. The van der Waals surface area contributed by atoms with Crippen LogP contribution in [0.25, 0.3) is 0 Å². The van der Waals surface area contributed by atoms with Crippen molar-refractivity contribution in [3.8, 4) is 0 Å². The van der Waals surface area contributed by atoms with Gasteiger partial charge >= 0.3 is 5.97 Å². The second-order valence-electron chi connectivity index (χ2n) is 7.43. The van der Waals surface area contributed by atoms with E-state index in [1.54, 1.807) is 59.7 Å². The molecule has 0 aliphatic carbocycles. The molecule has 3 N–H and O–H groups in total. The van der Waals surface area contributed by atoms with Crippen LogP contribution in [-0.2, 0) is 14.8 Å². The first-order valence-electron chi connectivity index (χ1n) is 9.78. The largest absolute Gasteiger partial charge is 0.459 e. The summed E-state index contributed by atoms with van der Waals surface area (Å²) in [5.41, 5.74) is 3.09. The van der Waals surface area contributed by atoms with E-state index in [9.17, 15) is 18.0 Å². The van der Waals surface area contributed by atoms with Gasteiger partial charge in [-0.05, 0) is 64.3 Å². The van der Waals surface area contributed by atoms with Crippen molar-refractivity contribution in [2.24, 2.45) is 0 Å². The number of aromatic amines is 1. The summed E-state index contributed by atoms with van der Waals surface area (Å²) >= 11 is 0. The summed E-state index contributed by atoms with van der Waals surface area (Å²) < 4.78 is 32.0. The molecule has 0 atom stereocenters. The number of carbonyl (C=O) groups is 2. The lowest BCUT2D eigenvalue weighted by molar-refractivity contribution is 0.0376. The van der Waals surface area contributed by atoms with Gasteiger partial charge in [0.2, 0.25) is 10.0 Å². The van der Waals surface area contributed by atoms with Gasteiger partial charge in [-0.3, -0.25) is 9.52 Å². The lowest BCUT2D eigenvalue weighted by Gasteiger charge is -2.14. The summed E-state index contributed by atoms with van der Waals surface area (Å²) in [5, 5.41) is 2.79. The zero-order valence-corrected chi connectivity index (χ0v) is 19.0. The Morgan fingerprint density at radius 1 is 1.10 bits per heavy atom. The molecule has 2 aromatic rings. The smallest absolute Gasteiger partial charge is 0.340 e. The number of aryl methyl sites for hydroxylation is 1. The van der Waals surface area contributed by atoms with Crippen LogP contribution >= 0.6 is 0 Å². The fourth-order valence-electron chi connectivity index (χ4n) is 3.11. The Morgan fingerprint density at radius 2 is 1.73 bits per heavy atom. The SMILES string of the molecule is CCCS(=O)(=O)Nc1cccc(NC(=O)c2[nH]c(C)c(C(=O)OC(C)C)c2C)c1C. The van der Waals surface area contributed by atoms with E-state index in [0.717, 1.165) is 0 Å². The molecule has 8 nitrogen and oxygen atoms in total. The van der Waals surface area contributed by atoms with Gasteiger partial charge in [-0.2, -0.15) is 0 Å². The molecule has 1 aromatic heterocycles. The highest BCUT2D eigenvalue weighted by molar-refractivity contribution is 7.92. The molecule has 0 bridgehead atoms. The molecule has 0 saturated heterocycles. The van der Waals surface area contributed by atoms with Crippen molar-refractivity contribution >= 4 is 33.3 Å². The molecule has 30 heavy (non-hydrogen) atoms. The molecule has 0 unspecified atom stereocenters. The monoisotopic (exact) mass is 435 g/mol. The van der Waals surface area contributed by atoms with E-state index in [4.69, 9.17) is 4.74 Å².